The summed E-state index contributed by atoms with van der Waals surface area (Å²) in [5.74, 6) is 0.540. The molecular formula is C19H24N4O4. The average Bonchev–Trinajstić information content (AvgIpc) is 3.27. The Morgan fingerprint density at radius 2 is 1.74 bits per heavy atom. The van der Waals surface area contributed by atoms with Crippen molar-refractivity contribution in [2.45, 2.75) is 38.3 Å². The third-order valence-corrected chi connectivity index (χ3v) is 5.83. The maximum atomic E-state index is 13.0. The number of nitrogens with zero attached hydrogens (tertiary/aromatic N) is 4. The summed E-state index contributed by atoms with van der Waals surface area (Å²) in [5.41, 5.74) is 0.786. The minimum Gasteiger partial charge on any atom is -0.469 e. The van der Waals surface area contributed by atoms with Crippen LogP contribution in [0.3, 0.4) is 0 Å². The van der Waals surface area contributed by atoms with Gasteiger partial charge < -0.3 is 18.8 Å². The zero-order valence-corrected chi connectivity index (χ0v) is 15.8. The number of aryl methyl sites for hydroxylation is 2. The Morgan fingerprint density at radius 3 is 2.26 bits per heavy atom. The van der Waals surface area contributed by atoms with E-state index in [2.05, 4.69) is 0 Å². The molecule has 2 aromatic heterocycles. The maximum absolute atomic E-state index is 13.0. The number of piperidine rings is 2. The number of aromatic nitrogens is 2. The molecule has 144 valence electrons. The Labute approximate surface area is 157 Å². The third-order valence-electron chi connectivity index (χ3n) is 5.83. The van der Waals surface area contributed by atoms with Gasteiger partial charge >= 0.3 is 5.69 Å². The fourth-order valence-electron chi connectivity index (χ4n) is 4.30. The molecule has 0 aromatic carbocycles. The van der Waals surface area contributed by atoms with E-state index in [1.54, 1.807) is 32.6 Å². The van der Waals surface area contributed by atoms with Crippen molar-refractivity contribution >= 4 is 11.8 Å². The summed E-state index contributed by atoms with van der Waals surface area (Å²) in [6, 6.07) is 1.69. The lowest BCUT2D eigenvalue weighted by Gasteiger charge is -2.51. The van der Waals surface area contributed by atoms with Crippen molar-refractivity contribution in [2.75, 3.05) is 13.1 Å². The zero-order chi connectivity index (χ0) is 19.3. The number of hydrogen-bond acceptors (Lipinski definition) is 4. The smallest absolute Gasteiger partial charge is 0.328 e. The van der Waals surface area contributed by atoms with Gasteiger partial charge in [0.05, 0.1) is 11.8 Å². The predicted molar refractivity (Wildman–Crippen MR) is 97.6 cm³/mol. The number of furan rings is 1. The largest absolute Gasteiger partial charge is 0.469 e. The van der Waals surface area contributed by atoms with Crippen molar-refractivity contribution in [2.24, 2.45) is 14.1 Å². The topological polar surface area (TPSA) is 80.7 Å². The van der Waals surface area contributed by atoms with Crippen LogP contribution in [-0.4, -0.2) is 55.9 Å². The van der Waals surface area contributed by atoms with Crippen molar-refractivity contribution in [3.8, 4) is 0 Å². The second-order valence-corrected chi connectivity index (χ2v) is 7.38. The van der Waals surface area contributed by atoms with Gasteiger partial charge in [-0.15, -0.1) is 0 Å². The number of carbonyl (C=O) groups excluding carboxylic acids is 2. The van der Waals surface area contributed by atoms with Crippen LogP contribution in [0.25, 0.3) is 0 Å². The van der Waals surface area contributed by atoms with E-state index in [0.29, 0.717) is 36.5 Å². The summed E-state index contributed by atoms with van der Waals surface area (Å²) in [6.45, 7) is 2.98. The summed E-state index contributed by atoms with van der Waals surface area (Å²) >= 11 is 0. The molecule has 2 atom stereocenters. The highest BCUT2D eigenvalue weighted by Gasteiger charge is 2.44. The highest BCUT2D eigenvalue weighted by atomic mass is 16.3. The van der Waals surface area contributed by atoms with Crippen LogP contribution in [0.4, 0.5) is 0 Å². The van der Waals surface area contributed by atoms with Gasteiger partial charge in [0, 0.05) is 51.9 Å². The zero-order valence-electron chi connectivity index (χ0n) is 15.8. The predicted octanol–water partition coefficient (Wildman–Crippen LogP) is 1.01. The molecule has 27 heavy (non-hydrogen) atoms. The van der Waals surface area contributed by atoms with Gasteiger partial charge in [-0.05, 0) is 18.9 Å². The molecule has 2 bridgehead atoms. The first-order valence-electron chi connectivity index (χ1n) is 9.33. The molecule has 3 aliphatic heterocycles. The Morgan fingerprint density at radius 1 is 1.11 bits per heavy atom. The molecule has 0 N–H and O–H groups in total. The Balaban J connectivity index is 1.55. The molecule has 2 aromatic rings. The average molecular weight is 372 g/mol. The lowest BCUT2D eigenvalue weighted by molar-refractivity contribution is -0.00662. The third kappa shape index (κ3) is 2.70. The summed E-state index contributed by atoms with van der Waals surface area (Å²) in [7, 11) is 3.25. The molecule has 8 heteroatoms. The standard InChI is InChI=1S/C19H24N4O4/c1-4-16-14(7-8-27-16)17(24)22-9-13-6-5-12(22)10-23(13)18(25)15-11-20(2)19(26)21(15)3/h7-8,11-13H,4-6,9-10H2,1-3H3. The van der Waals surface area contributed by atoms with Gasteiger partial charge in [-0.2, -0.15) is 0 Å². The van der Waals surface area contributed by atoms with Gasteiger partial charge in [0.1, 0.15) is 11.5 Å². The van der Waals surface area contributed by atoms with E-state index in [4.69, 9.17) is 4.42 Å². The second-order valence-electron chi connectivity index (χ2n) is 7.38. The molecule has 2 unspecified atom stereocenters. The maximum Gasteiger partial charge on any atom is 0.328 e. The molecule has 5 heterocycles. The van der Waals surface area contributed by atoms with Crippen LogP contribution < -0.4 is 5.69 Å². The number of amides is 2. The van der Waals surface area contributed by atoms with E-state index in [0.717, 1.165) is 12.8 Å². The molecule has 8 nitrogen and oxygen atoms in total. The molecule has 0 aliphatic carbocycles. The first kappa shape index (κ1) is 17.6. The molecule has 3 fully saturated rings. The molecule has 0 saturated carbocycles. The van der Waals surface area contributed by atoms with Crippen molar-refractivity contribution in [1.82, 2.24) is 18.9 Å². The van der Waals surface area contributed by atoms with Crippen molar-refractivity contribution < 1.29 is 14.0 Å². The number of fused-ring (bicyclic) bond motifs is 3. The van der Waals surface area contributed by atoms with Crippen LogP contribution in [0.2, 0.25) is 0 Å². The van der Waals surface area contributed by atoms with Crippen LogP contribution in [0.1, 0.15) is 46.4 Å². The van der Waals surface area contributed by atoms with Gasteiger partial charge in [-0.1, -0.05) is 6.92 Å². The van der Waals surface area contributed by atoms with Gasteiger partial charge in [0.15, 0.2) is 0 Å². The lowest BCUT2D eigenvalue weighted by atomic mass is 9.89. The summed E-state index contributed by atoms with van der Waals surface area (Å²) < 4.78 is 8.20. The fraction of sp³-hybridized carbons (Fsp3) is 0.526. The Bertz CT molecular complexity index is 953. The van der Waals surface area contributed by atoms with Crippen molar-refractivity contribution in [3.05, 3.63) is 46.0 Å². The normalized spacial score (nSPS) is 21.7. The molecule has 0 radical (unpaired) electrons. The molecule has 0 spiro atoms. The number of rotatable bonds is 3. The van der Waals surface area contributed by atoms with E-state index in [-0.39, 0.29) is 29.6 Å². The molecule has 2 amide bonds. The van der Waals surface area contributed by atoms with Crippen LogP contribution >= 0.6 is 0 Å². The molecule has 3 saturated heterocycles. The van der Waals surface area contributed by atoms with Gasteiger partial charge in [0.25, 0.3) is 11.8 Å². The number of hydrogen-bond donors (Lipinski definition) is 0. The minimum absolute atomic E-state index is 0.00760. The van der Waals surface area contributed by atoms with Crippen molar-refractivity contribution in [3.63, 3.8) is 0 Å². The highest BCUT2D eigenvalue weighted by Crippen LogP contribution is 2.31. The van der Waals surface area contributed by atoms with Gasteiger partial charge in [0.2, 0.25) is 0 Å². The molecule has 5 rings (SSSR count). The summed E-state index contributed by atoms with van der Waals surface area (Å²) in [6.07, 6.45) is 5.55. The van der Waals surface area contributed by atoms with Crippen molar-refractivity contribution in [1.29, 1.82) is 0 Å². The van der Waals surface area contributed by atoms with E-state index in [9.17, 15) is 14.4 Å². The Hall–Kier alpha value is -2.77. The second kappa shape index (κ2) is 6.44. The van der Waals surface area contributed by atoms with Crippen LogP contribution in [-0.2, 0) is 20.5 Å². The van der Waals surface area contributed by atoms with E-state index in [1.165, 1.54) is 9.13 Å². The summed E-state index contributed by atoms with van der Waals surface area (Å²) in [5, 5.41) is 0. The first-order chi connectivity index (χ1) is 12.9. The fourth-order valence-corrected chi connectivity index (χ4v) is 4.30. The lowest BCUT2D eigenvalue weighted by Crippen LogP contribution is -2.65. The molecule has 3 aliphatic rings. The number of carbonyl (C=O) groups is 2. The van der Waals surface area contributed by atoms with E-state index < -0.39 is 0 Å². The highest BCUT2D eigenvalue weighted by molar-refractivity contribution is 5.96. The first-order valence-corrected chi connectivity index (χ1v) is 9.33. The van der Waals surface area contributed by atoms with Crippen LogP contribution in [0, 0.1) is 0 Å². The summed E-state index contributed by atoms with van der Waals surface area (Å²) in [4.78, 5) is 41.7. The SMILES string of the molecule is CCc1occc1C(=O)N1CC2CCC1CN2C(=O)c1cn(C)c(=O)n1C. The van der Waals surface area contributed by atoms with Gasteiger partial charge in [-0.25, -0.2) is 4.79 Å². The van der Waals surface area contributed by atoms with E-state index in [1.807, 2.05) is 16.7 Å². The quantitative estimate of drug-likeness (QED) is 0.805. The number of piperazine rings is 1. The monoisotopic (exact) mass is 372 g/mol. The van der Waals surface area contributed by atoms with Gasteiger partial charge in [-0.3, -0.25) is 14.2 Å². The minimum atomic E-state index is -0.218. The van der Waals surface area contributed by atoms with E-state index >= 15 is 0 Å². The van der Waals surface area contributed by atoms with Crippen LogP contribution in [0.15, 0.2) is 27.7 Å². The molecular weight excluding hydrogens is 348 g/mol. The van der Waals surface area contributed by atoms with Crippen LogP contribution in [0.5, 0.6) is 0 Å². The number of imidazole rings is 1. The Kier molecular flexibility index (Phi) is 4.20.